The second-order valence-corrected chi connectivity index (χ2v) is 17.1. The Bertz CT molecular complexity index is 3860. The van der Waals surface area contributed by atoms with Crippen molar-refractivity contribution in [3.63, 3.8) is 0 Å². The van der Waals surface area contributed by atoms with Crippen molar-refractivity contribution in [2.24, 2.45) is 0 Å². The Hall–Kier alpha value is -7.89. The quantitative estimate of drug-likeness (QED) is 0.0959. The van der Waals surface area contributed by atoms with E-state index in [1.165, 1.54) is 29.5 Å². The number of para-hydroxylation sites is 2. The third-order valence-corrected chi connectivity index (χ3v) is 12.2. The monoisotopic (exact) mass is 1030 g/mol. The van der Waals surface area contributed by atoms with Crippen molar-refractivity contribution < 1.29 is 9.90 Å². The summed E-state index contributed by atoms with van der Waals surface area (Å²) in [5, 5.41) is 17.6. The molecule has 360 valence electrons. The van der Waals surface area contributed by atoms with E-state index in [2.05, 4.69) is 40.5 Å². The van der Waals surface area contributed by atoms with E-state index in [4.69, 9.17) is 56.3 Å². The fourth-order valence-electron chi connectivity index (χ4n) is 7.91. The molecule has 0 aliphatic rings. The van der Waals surface area contributed by atoms with Crippen LogP contribution in [0.5, 0.6) is 0 Å². The van der Waals surface area contributed by atoms with Gasteiger partial charge in [0.15, 0.2) is 5.43 Å². The zero-order valence-corrected chi connectivity index (χ0v) is 40.1. The first-order valence-electron chi connectivity index (χ1n) is 21.2. The number of aromatic nitrogens is 8. The molecule has 16 nitrogen and oxygen atoms in total. The van der Waals surface area contributed by atoms with Gasteiger partial charge in [0.05, 0.1) is 43.6 Å². The number of carboxylic acids is 1. The van der Waals surface area contributed by atoms with Gasteiger partial charge in [-0.05, 0) is 61.7 Å². The number of aromatic amines is 2. The number of aliphatic carboxylic acids is 1. The van der Waals surface area contributed by atoms with Gasteiger partial charge < -0.3 is 25.7 Å². The number of anilines is 2. The number of halogens is 4. The molecule has 6 aromatic heterocycles. The van der Waals surface area contributed by atoms with E-state index in [0.717, 1.165) is 12.3 Å². The van der Waals surface area contributed by atoms with Gasteiger partial charge in [0, 0.05) is 47.8 Å². The number of nitrogens with one attached hydrogen (secondary N) is 4. The van der Waals surface area contributed by atoms with Crippen molar-refractivity contribution in [3.05, 3.63) is 207 Å². The van der Waals surface area contributed by atoms with Gasteiger partial charge in [-0.1, -0.05) is 114 Å². The molecule has 2 atom stereocenters. The van der Waals surface area contributed by atoms with Crippen molar-refractivity contribution in [1.82, 2.24) is 39.0 Å². The van der Waals surface area contributed by atoms with Gasteiger partial charge in [-0.3, -0.25) is 33.1 Å². The molecule has 0 amide bonds. The molecule has 10 rings (SSSR count). The Labute approximate surface area is 423 Å². The number of carbonyl (C=O) groups is 1. The maximum atomic E-state index is 13.7. The third-order valence-electron chi connectivity index (χ3n) is 10.9. The highest BCUT2D eigenvalue weighted by Crippen LogP contribution is 2.35. The van der Waals surface area contributed by atoms with E-state index in [-0.39, 0.29) is 46.2 Å². The van der Waals surface area contributed by atoms with Gasteiger partial charge in [-0.2, -0.15) is 0 Å². The van der Waals surface area contributed by atoms with Crippen LogP contribution < -0.4 is 32.6 Å². The maximum absolute atomic E-state index is 13.7. The van der Waals surface area contributed by atoms with Crippen molar-refractivity contribution in [2.45, 2.75) is 40.3 Å². The van der Waals surface area contributed by atoms with E-state index in [9.17, 15) is 19.2 Å². The number of H-pyrrole nitrogens is 2. The summed E-state index contributed by atoms with van der Waals surface area (Å²) in [6.07, 6.45) is 5.64. The molecule has 0 radical (unpaired) electrons. The molecule has 0 saturated heterocycles. The second-order valence-electron chi connectivity index (χ2n) is 15.5. The molecule has 71 heavy (non-hydrogen) atoms. The summed E-state index contributed by atoms with van der Waals surface area (Å²) in [6, 6.07) is 31.5. The lowest BCUT2D eigenvalue weighted by atomic mass is 10.1. The largest absolute Gasteiger partial charge is 0.481 e. The number of hydrogen-bond donors (Lipinski definition) is 5. The molecule has 0 aliphatic heterocycles. The highest BCUT2D eigenvalue weighted by Gasteiger charge is 2.25. The Morgan fingerprint density at radius 2 is 1.15 bits per heavy atom. The molecule has 4 aromatic carbocycles. The van der Waals surface area contributed by atoms with Crippen molar-refractivity contribution in [3.8, 4) is 11.4 Å². The molecular weight excluding hydrogens is 990 g/mol. The number of benzene rings is 4. The molecule has 0 aliphatic carbocycles. The smallest absolute Gasteiger partial charge is 0.300 e. The summed E-state index contributed by atoms with van der Waals surface area (Å²) in [6.45, 7) is 4.82. The summed E-state index contributed by atoms with van der Waals surface area (Å²) in [5.74, 6) is -0.182. The minimum absolute atomic E-state index is 0. The van der Waals surface area contributed by atoms with Gasteiger partial charge in [0.25, 0.3) is 17.1 Å². The van der Waals surface area contributed by atoms with Crippen LogP contribution in [-0.2, 0) is 4.79 Å². The lowest BCUT2D eigenvalue weighted by Gasteiger charge is -2.23. The topological polar surface area (TPSA) is 223 Å². The second kappa shape index (κ2) is 21.8. The van der Waals surface area contributed by atoms with Crippen LogP contribution in [0.15, 0.2) is 153 Å². The van der Waals surface area contributed by atoms with Crippen molar-refractivity contribution in [1.29, 1.82) is 0 Å². The third kappa shape index (κ3) is 10.4. The van der Waals surface area contributed by atoms with E-state index in [1.54, 1.807) is 47.2 Å². The Kier molecular flexibility index (Phi) is 15.7. The summed E-state index contributed by atoms with van der Waals surface area (Å²) in [5.41, 5.74) is 2.16. The average molecular weight is 1030 g/mol. The fraction of sp³-hybridized carbons (Fsp3) is 0.118. The van der Waals surface area contributed by atoms with Gasteiger partial charge >= 0.3 is 0 Å². The molecule has 5 N–H and O–H groups in total. The Balaban J connectivity index is 0.000000192. The van der Waals surface area contributed by atoms with Gasteiger partial charge in [0.2, 0.25) is 5.43 Å². The molecule has 6 heterocycles. The maximum Gasteiger partial charge on any atom is 0.300 e. The summed E-state index contributed by atoms with van der Waals surface area (Å²) in [4.78, 5) is 84.1. The first kappa shape index (κ1) is 51.0. The van der Waals surface area contributed by atoms with Crippen LogP contribution in [0.3, 0.4) is 0 Å². The standard InChI is InChI=1S/C24H16Cl3N5O2.C24H18ClN5O2.C2H4O2.CH4/c1-12(31-23-18-21(33)16(26)10-28-22(18)29-11-30-23)20-19(27)14-8-5-9-15(25)17(14)24(34)32(20)13-6-3-2-4-7-13;1-14(29-23-21-19(31)10-11-26-22(21)27-13-28-23)18-12-15-6-5-9-17(25)20(15)24(32)30(18)16-7-3-2-4-8-16;1-2(3)4;/h2-12H,1H3,(H2,28,29,30,31,33);2-14H,1H3,(H2,26,27,28,29,31);1H3,(H,3,4);1H4. The van der Waals surface area contributed by atoms with E-state index in [1.807, 2.05) is 80.6 Å². The predicted octanol–water partition coefficient (Wildman–Crippen LogP) is 10.9. The van der Waals surface area contributed by atoms with Crippen LogP contribution in [0.2, 0.25) is 20.1 Å². The zero-order valence-electron chi connectivity index (χ0n) is 37.0. The van der Waals surface area contributed by atoms with Crippen LogP contribution in [0.25, 0.3) is 55.0 Å². The molecular formula is C51H42Cl4N10O6. The number of carboxylic acid groups (broad SMARTS) is 1. The van der Waals surface area contributed by atoms with Gasteiger partial charge in [-0.15, -0.1) is 0 Å². The van der Waals surface area contributed by atoms with Gasteiger partial charge in [0.1, 0.15) is 51.4 Å². The summed E-state index contributed by atoms with van der Waals surface area (Å²) < 4.78 is 3.16. The van der Waals surface area contributed by atoms with E-state index in [0.29, 0.717) is 76.5 Å². The van der Waals surface area contributed by atoms with Crippen molar-refractivity contribution in [2.75, 3.05) is 10.6 Å². The fourth-order valence-corrected chi connectivity index (χ4v) is 8.98. The highest BCUT2D eigenvalue weighted by atomic mass is 35.5. The molecule has 0 bridgehead atoms. The highest BCUT2D eigenvalue weighted by molar-refractivity contribution is 6.40. The van der Waals surface area contributed by atoms with Crippen LogP contribution >= 0.6 is 46.4 Å². The zero-order chi connectivity index (χ0) is 49.8. The number of nitrogens with zero attached hydrogens (tertiary/aromatic N) is 6. The average Bonchev–Trinajstić information content (AvgIpc) is 3.34. The van der Waals surface area contributed by atoms with Crippen LogP contribution in [0, 0.1) is 0 Å². The van der Waals surface area contributed by atoms with Crippen LogP contribution in [0.4, 0.5) is 11.6 Å². The molecule has 0 fully saturated rings. The first-order valence-corrected chi connectivity index (χ1v) is 22.7. The number of rotatable bonds is 8. The molecule has 0 saturated carbocycles. The lowest BCUT2D eigenvalue weighted by Crippen LogP contribution is -2.27. The molecule has 2 unspecified atom stereocenters. The number of pyridine rings is 4. The normalized spacial score (nSPS) is 11.7. The predicted molar refractivity (Wildman–Crippen MR) is 284 cm³/mol. The summed E-state index contributed by atoms with van der Waals surface area (Å²) in [7, 11) is 0. The molecule has 20 heteroatoms. The summed E-state index contributed by atoms with van der Waals surface area (Å²) >= 11 is 25.7. The Morgan fingerprint density at radius 3 is 1.79 bits per heavy atom. The number of fused-ring (bicyclic) bond motifs is 4. The van der Waals surface area contributed by atoms with Crippen molar-refractivity contribution >= 4 is 108 Å². The first-order chi connectivity index (χ1) is 33.7. The lowest BCUT2D eigenvalue weighted by molar-refractivity contribution is -0.134. The van der Waals surface area contributed by atoms with E-state index >= 15 is 0 Å². The van der Waals surface area contributed by atoms with Gasteiger partial charge in [-0.25, -0.2) is 19.9 Å². The van der Waals surface area contributed by atoms with Crippen LogP contribution in [0.1, 0.15) is 51.7 Å². The van der Waals surface area contributed by atoms with E-state index < -0.39 is 17.4 Å². The van der Waals surface area contributed by atoms with Crippen LogP contribution in [-0.4, -0.2) is 50.1 Å². The SMILES string of the molecule is C.CC(=O)O.CC(Nc1ncnc2[nH]cc(Cl)c(=O)c12)c1c(Cl)c2cccc(Cl)c2c(=O)n1-c1ccccc1.CC(Nc1ncnc2[nH]ccc(=O)c12)c1cc2cccc(Cl)c2c(=O)n1-c1ccccc1. The molecule has 0 spiro atoms. The minimum atomic E-state index is -0.833. The number of hydrogen-bond acceptors (Lipinski definition) is 11. The Morgan fingerprint density at radius 1 is 0.620 bits per heavy atom. The minimum Gasteiger partial charge on any atom is -0.481 e. The molecule has 10 aromatic rings.